The van der Waals surface area contributed by atoms with E-state index in [-0.39, 0.29) is 6.42 Å². The average Bonchev–Trinajstić information content (AvgIpc) is 2.49. The van der Waals surface area contributed by atoms with Crippen LogP contribution in [0.4, 0.5) is 18.0 Å². The first-order valence-corrected chi connectivity index (χ1v) is 8.07. The molecule has 1 rings (SSSR count). The molecule has 1 aromatic carbocycles. The summed E-state index contributed by atoms with van der Waals surface area (Å²) >= 11 is 0. The number of hydrogen-bond acceptors (Lipinski definition) is 5. The van der Waals surface area contributed by atoms with Crippen molar-refractivity contribution in [2.45, 2.75) is 58.2 Å². The largest absolute Gasteiger partial charge is 0.443 e. The average molecular weight is 376 g/mol. The lowest BCUT2D eigenvalue weighted by atomic mass is 10.0. The Kier molecular flexibility index (Phi) is 7.88. The van der Waals surface area contributed by atoms with Gasteiger partial charge >= 0.3 is 18.2 Å². The number of rotatable bonds is 7. The number of amides is 1. The van der Waals surface area contributed by atoms with Gasteiger partial charge in [0.15, 0.2) is 0 Å². The molecule has 0 atom stereocenters. The van der Waals surface area contributed by atoms with Crippen LogP contribution < -0.4 is 11.0 Å². The Hall–Kier alpha value is -2.29. The molecular weight excluding hydrogens is 353 g/mol. The van der Waals surface area contributed by atoms with Crippen LogP contribution in [0.5, 0.6) is 0 Å². The lowest BCUT2D eigenvalue weighted by Crippen LogP contribution is -2.42. The Morgan fingerprint density at radius 3 is 2.42 bits per heavy atom. The second kappa shape index (κ2) is 9.42. The van der Waals surface area contributed by atoms with E-state index in [4.69, 9.17) is 4.74 Å². The molecule has 9 heteroatoms. The minimum atomic E-state index is -4.37. The van der Waals surface area contributed by atoms with Crippen LogP contribution in [0.1, 0.15) is 51.2 Å². The summed E-state index contributed by atoms with van der Waals surface area (Å²) < 4.78 is 42.8. The molecule has 0 aromatic heterocycles. The van der Waals surface area contributed by atoms with Crippen LogP contribution in [0, 0.1) is 0 Å². The van der Waals surface area contributed by atoms with Gasteiger partial charge < -0.3 is 9.57 Å². The fourth-order valence-corrected chi connectivity index (χ4v) is 1.98. The molecule has 0 saturated heterocycles. The lowest BCUT2D eigenvalue weighted by molar-refractivity contribution is -0.153. The predicted molar refractivity (Wildman–Crippen MR) is 87.6 cm³/mol. The molecule has 0 bridgehead atoms. The first-order valence-electron chi connectivity index (χ1n) is 8.07. The van der Waals surface area contributed by atoms with Gasteiger partial charge in [-0.1, -0.05) is 23.8 Å². The van der Waals surface area contributed by atoms with E-state index in [1.165, 1.54) is 6.07 Å². The molecule has 6 nitrogen and oxygen atoms in total. The maximum atomic E-state index is 12.6. The van der Waals surface area contributed by atoms with Crippen molar-refractivity contribution in [2.75, 3.05) is 0 Å². The Morgan fingerprint density at radius 1 is 1.12 bits per heavy atom. The highest BCUT2D eigenvalue weighted by Gasteiger charge is 2.30. The number of alkyl halides is 3. The number of carbonyl (C=O) groups is 2. The molecule has 0 unspecified atom stereocenters. The monoisotopic (exact) mass is 376 g/mol. The molecule has 0 radical (unpaired) electrons. The molecule has 146 valence electrons. The van der Waals surface area contributed by atoms with Gasteiger partial charge in [0.1, 0.15) is 5.60 Å². The van der Waals surface area contributed by atoms with E-state index in [1.807, 2.05) is 11.0 Å². The molecule has 1 aromatic rings. The number of carbonyl (C=O) groups excluding carboxylic acids is 2. The topological polar surface area (TPSA) is 76.7 Å². The molecule has 1 amide bonds. The van der Waals surface area contributed by atoms with Crippen molar-refractivity contribution in [1.82, 2.24) is 11.0 Å². The number of nitrogens with one attached hydrogen (secondary N) is 2. The van der Waals surface area contributed by atoms with Gasteiger partial charge in [-0.05, 0) is 51.7 Å². The number of aryl methyl sites for hydroxylation is 1. The third kappa shape index (κ3) is 9.26. The second-order valence-electron chi connectivity index (χ2n) is 6.61. The number of hydrazine groups is 1. The molecule has 0 saturated carbocycles. The number of ether oxygens (including phenoxy) is 1. The fraction of sp³-hybridized carbons (Fsp3) is 0.529. The van der Waals surface area contributed by atoms with E-state index in [0.29, 0.717) is 24.8 Å². The van der Waals surface area contributed by atoms with Crippen molar-refractivity contribution in [3.8, 4) is 0 Å². The number of benzene rings is 1. The van der Waals surface area contributed by atoms with Gasteiger partial charge in [-0.2, -0.15) is 13.2 Å². The SMILES string of the molecule is CC(C)(C)OC(=O)NNOC(=O)CCCCc1cccc(C(F)(F)F)c1. The van der Waals surface area contributed by atoms with Gasteiger partial charge in [0.2, 0.25) is 0 Å². The highest BCUT2D eigenvalue weighted by atomic mass is 19.4. The number of hydrogen-bond donors (Lipinski definition) is 2. The van der Waals surface area contributed by atoms with E-state index in [9.17, 15) is 22.8 Å². The van der Waals surface area contributed by atoms with Gasteiger partial charge in [0.25, 0.3) is 0 Å². The number of halogens is 3. The summed E-state index contributed by atoms with van der Waals surface area (Å²) in [5.41, 5.74) is 3.22. The van der Waals surface area contributed by atoms with Crippen molar-refractivity contribution in [2.24, 2.45) is 0 Å². The van der Waals surface area contributed by atoms with Crippen molar-refractivity contribution >= 4 is 12.1 Å². The van der Waals surface area contributed by atoms with Gasteiger partial charge in [-0.15, -0.1) is 0 Å². The summed E-state index contributed by atoms with van der Waals surface area (Å²) in [5, 5.41) is 0. The lowest BCUT2D eigenvalue weighted by Gasteiger charge is -2.19. The minimum absolute atomic E-state index is 0.0575. The summed E-state index contributed by atoms with van der Waals surface area (Å²) in [6.45, 7) is 5.05. The Bertz CT molecular complexity index is 613. The molecule has 0 fully saturated rings. The quantitative estimate of drug-likeness (QED) is 0.557. The van der Waals surface area contributed by atoms with E-state index >= 15 is 0 Å². The van der Waals surface area contributed by atoms with Crippen LogP contribution in [0.25, 0.3) is 0 Å². The van der Waals surface area contributed by atoms with E-state index in [0.717, 1.165) is 12.1 Å². The van der Waals surface area contributed by atoms with Crippen LogP contribution in [0.3, 0.4) is 0 Å². The fourth-order valence-electron chi connectivity index (χ4n) is 1.98. The van der Waals surface area contributed by atoms with E-state index in [2.05, 4.69) is 4.84 Å². The van der Waals surface area contributed by atoms with E-state index in [1.54, 1.807) is 26.8 Å². The Labute approximate surface area is 150 Å². The smallest absolute Gasteiger partial charge is 0.424 e. The zero-order valence-electron chi connectivity index (χ0n) is 14.9. The summed E-state index contributed by atoms with van der Waals surface area (Å²) in [7, 11) is 0. The third-order valence-electron chi connectivity index (χ3n) is 3.07. The molecule has 0 heterocycles. The summed E-state index contributed by atoms with van der Waals surface area (Å²) in [6, 6.07) is 5.09. The summed E-state index contributed by atoms with van der Waals surface area (Å²) in [6.07, 6.45) is -3.73. The zero-order valence-corrected chi connectivity index (χ0v) is 14.9. The van der Waals surface area contributed by atoms with Crippen LogP contribution in [0.2, 0.25) is 0 Å². The Balaban J connectivity index is 2.22. The van der Waals surface area contributed by atoms with Crippen molar-refractivity contribution < 1.29 is 32.3 Å². The first-order chi connectivity index (χ1) is 12.0. The Morgan fingerprint density at radius 2 is 1.81 bits per heavy atom. The van der Waals surface area contributed by atoms with Crippen molar-refractivity contribution in [3.63, 3.8) is 0 Å². The number of unbranched alkanes of at least 4 members (excludes halogenated alkanes) is 1. The second-order valence-corrected chi connectivity index (χ2v) is 6.61. The third-order valence-corrected chi connectivity index (χ3v) is 3.07. The van der Waals surface area contributed by atoms with Gasteiger partial charge in [-0.25, -0.2) is 10.2 Å². The van der Waals surface area contributed by atoms with Gasteiger partial charge in [0.05, 0.1) is 5.56 Å². The van der Waals surface area contributed by atoms with Crippen molar-refractivity contribution in [3.05, 3.63) is 35.4 Å². The predicted octanol–water partition coefficient (Wildman–Crippen LogP) is 3.91. The molecule has 0 aliphatic heterocycles. The normalized spacial score (nSPS) is 11.8. The van der Waals surface area contributed by atoms with Gasteiger partial charge in [-0.3, -0.25) is 4.79 Å². The molecule has 2 N–H and O–H groups in total. The van der Waals surface area contributed by atoms with E-state index < -0.39 is 29.4 Å². The van der Waals surface area contributed by atoms with Gasteiger partial charge in [0, 0.05) is 6.42 Å². The van der Waals surface area contributed by atoms with Crippen molar-refractivity contribution in [1.29, 1.82) is 0 Å². The maximum absolute atomic E-state index is 12.6. The van der Waals surface area contributed by atoms with Crippen LogP contribution in [-0.4, -0.2) is 17.7 Å². The minimum Gasteiger partial charge on any atom is -0.443 e. The highest BCUT2D eigenvalue weighted by molar-refractivity contribution is 5.70. The zero-order chi connectivity index (χ0) is 19.8. The molecule has 0 spiro atoms. The standard InChI is InChI=1S/C17H23F3N2O4/c1-16(2,3)25-15(24)21-22-26-14(23)10-5-4-7-12-8-6-9-13(11-12)17(18,19)20/h6,8-9,11,22H,4-5,7,10H2,1-3H3,(H,21,24). The molecule has 0 aliphatic carbocycles. The first kappa shape index (κ1) is 21.8. The maximum Gasteiger partial charge on any atom is 0.424 e. The summed E-state index contributed by atoms with van der Waals surface area (Å²) in [5.74, 6) is -0.606. The van der Waals surface area contributed by atoms with Crippen LogP contribution in [-0.2, 0) is 27.0 Å². The molecule has 26 heavy (non-hydrogen) atoms. The van der Waals surface area contributed by atoms with Crippen LogP contribution >= 0.6 is 0 Å². The molecular formula is C17H23F3N2O4. The highest BCUT2D eigenvalue weighted by Crippen LogP contribution is 2.29. The molecule has 0 aliphatic rings. The summed E-state index contributed by atoms with van der Waals surface area (Å²) in [4.78, 5) is 27.4. The van der Waals surface area contributed by atoms with Crippen LogP contribution in [0.15, 0.2) is 24.3 Å².